The predicted octanol–water partition coefficient (Wildman–Crippen LogP) is 3.35. The number of aromatic nitrogens is 2. The highest BCUT2D eigenvalue weighted by atomic mass is 32.2. The Balaban J connectivity index is 1.68. The van der Waals surface area contributed by atoms with Crippen LogP contribution in [-0.4, -0.2) is 28.3 Å². The van der Waals surface area contributed by atoms with Gasteiger partial charge >= 0.3 is 0 Å². The fourth-order valence-corrected chi connectivity index (χ4v) is 3.60. The molecule has 1 heterocycles. The van der Waals surface area contributed by atoms with E-state index >= 15 is 0 Å². The summed E-state index contributed by atoms with van der Waals surface area (Å²) in [4.78, 5) is 8.91. The molecule has 106 valence electrons. The molecule has 3 nitrogen and oxygen atoms in total. The Morgan fingerprint density at radius 1 is 1.26 bits per heavy atom. The molecule has 1 aliphatic carbocycles. The first-order valence-corrected chi connectivity index (χ1v) is 8.30. The van der Waals surface area contributed by atoms with Gasteiger partial charge in [0.2, 0.25) is 0 Å². The Kier molecular flexibility index (Phi) is 5.64. The molecule has 1 fully saturated rings. The lowest BCUT2D eigenvalue weighted by atomic mass is 9.87. The minimum absolute atomic E-state index is 0.726. The lowest BCUT2D eigenvalue weighted by Gasteiger charge is -2.27. The lowest BCUT2D eigenvalue weighted by Crippen LogP contribution is -2.34. The number of rotatable bonds is 5. The normalized spacial score (nSPS) is 23.5. The van der Waals surface area contributed by atoms with Gasteiger partial charge in [-0.25, -0.2) is 9.97 Å². The minimum atomic E-state index is 0.726. The van der Waals surface area contributed by atoms with E-state index in [4.69, 9.17) is 0 Å². The van der Waals surface area contributed by atoms with E-state index in [1.807, 2.05) is 19.9 Å². The van der Waals surface area contributed by atoms with Crippen molar-refractivity contribution in [1.29, 1.82) is 0 Å². The summed E-state index contributed by atoms with van der Waals surface area (Å²) in [5, 5.41) is 4.59. The van der Waals surface area contributed by atoms with E-state index in [1.54, 1.807) is 11.8 Å². The van der Waals surface area contributed by atoms with E-state index < -0.39 is 0 Å². The summed E-state index contributed by atoms with van der Waals surface area (Å²) in [6.45, 7) is 7.48. The van der Waals surface area contributed by atoms with Crippen LogP contribution in [0.15, 0.2) is 11.2 Å². The van der Waals surface area contributed by atoms with Gasteiger partial charge in [0.1, 0.15) is 0 Å². The van der Waals surface area contributed by atoms with Crippen LogP contribution < -0.4 is 5.32 Å². The molecule has 1 aromatic heterocycles. The van der Waals surface area contributed by atoms with Crippen LogP contribution >= 0.6 is 11.8 Å². The van der Waals surface area contributed by atoms with E-state index in [1.165, 1.54) is 25.7 Å². The van der Waals surface area contributed by atoms with Gasteiger partial charge in [0.05, 0.1) is 0 Å². The van der Waals surface area contributed by atoms with Crippen molar-refractivity contribution in [2.24, 2.45) is 5.92 Å². The molecule has 2 rings (SSSR count). The second-order valence-corrected chi connectivity index (χ2v) is 6.77. The quantitative estimate of drug-likeness (QED) is 0.509. The molecule has 0 bridgehead atoms. The number of hydrogen-bond donors (Lipinski definition) is 1. The van der Waals surface area contributed by atoms with Gasteiger partial charge in [0.25, 0.3) is 0 Å². The molecule has 1 aliphatic rings. The van der Waals surface area contributed by atoms with Crippen LogP contribution in [0.5, 0.6) is 0 Å². The number of nitrogens with zero attached hydrogens (tertiary/aromatic N) is 2. The van der Waals surface area contributed by atoms with Gasteiger partial charge in [0, 0.05) is 29.7 Å². The molecule has 19 heavy (non-hydrogen) atoms. The number of hydrogen-bond acceptors (Lipinski definition) is 4. The fraction of sp³-hybridized carbons (Fsp3) is 0.733. The highest BCUT2D eigenvalue weighted by Gasteiger charge is 2.17. The molecule has 4 heteroatoms. The Morgan fingerprint density at radius 2 is 2.00 bits per heavy atom. The maximum absolute atomic E-state index is 4.45. The molecule has 2 unspecified atom stereocenters. The number of nitrogens with one attached hydrogen (secondary N) is 1. The van der Waals surface area contributed by atoms with Gasteiger partial charge in [-0.1, -0.05) is 31.5 Å². The van der Waals surface area contributed by atoms with Gasteiger partial charge in [-0.05, 0) is 38.7 Å². The van der Waals surface area contributed by atoms with Crippen LogP contribution in [0.3, 0.4) is 0 Å². The monoisotopic (exact) mass is 279 g/mol. The van der Waals surface area contributed by atoms with Crippen LogP contribution in [0.25, 0.3) is 0 Å². The van der Waals surface area contributed by atoms with E-state index in [0.29, 0.717) is 0 Å². The van der Waals surface area contributed by atoms with Gasteiger partial charge in [-0.15, -0.1) is 0 Å². The van der Waals surface area contributed by atoms with Crippen LogP contribution in [0.2, 0.25) is 0 Å². The maximum Gasteiger partial charge on any atom is 0.188 e. The summed E-state index contributed by atoms with van der Waals surface area (Å²) in [5.41, 5.74) is 2.12. The van der Waals surface area contributed by atoms with Crippen molar-refractivity contribution in [3.8, 4) is 0 Å². The molecule has 0 saturated heterocycles. The average molecular weight is 279 g/mol. The Morgan fingerprint density at radius 3 is 2.68 bits per heavy atom. The van der Waals surface area contributed by atoms with Gasteiger partial charge in [-0.2, -0.15) is 0 Å². The molecule has 1 aromatic rings. The zero-order chi connectivity index (χ0) is 13.7. The molecular formula is C15H25N3S. The Bertz CT molecular complexity index is 388. The van der Waals surface area contributed by atoms with E-state index in [-0.39, 0.29) is 0 Å². The highest BCUT2D eigenvalue weighted by Crippen LogP contribution is 2.23. The van der Waals surface area contributed by atoms with E-state index in [9.17, 15) is 0 Å². The third-order valence-electron chi connectivity index (χ3n) is 3.66. The molecule has 0 aromatic carbocycles. The van der Waals surface area contributed by atoms with Crippen molar-refractivity contribution >= 4 is 11.8 Å². The third kappa shape index (κ3) is 5.11. The lowest BCUT2D eigenvalue weighted by molar-refractivity contribution is 0.306. The minimum Gasteiger partial charge on any atom is -0.313 e. The highest BCUT2D eigenvalue weighted by molar-refractivity contribution is 7.99. The first-order chi connectivity index (χ1) is 9.13. The number of aryl methyl sites for hydroxylation is 2. The molecule has 0 aliphatic heterocycles. The van der Waals surface area contributed by atoms with Crippen LogP contribution in [-0.2, 0) is 0 Å². The summed E-state index contributed by atoms with van der Waals surface area (Å²) >= 11 is 1.75. The number of thioether (sulfide) groups is 1. The zero-order valence-corrected chi connectivity index (χ0v) is 13.1. The topological polar surface area (TPSA) is 37.8 Å². The largest absolute Gasteiger partial charge is 0.313 e. The van der Waals surface area contributed by atoms with Crippen molar-refractivity contribution in [3.05, 3.63) is 17.5 Å². The molecule has 2 atom stereocenters. The van der Waals surface area contributed by atoms with E-state index in [0.717, 1.165) is 40.8 Å². The third-order valence-corrected chi connectivity index (χ3v) is 4.51. The van der Waals surface area contributed by atoms with E-state index in [2.05, 4.69) is 22.2 Å². The molecule has 1 N–H and O–H groups in total. The summed E-state index contributed by atoms with van der Waals surface area (Å²) < 4.78 is 0. The predicted molar refractivity (Wildman–Crippen MR) is 81.7 cm³/mol. The Labute approximate surface area is 121 Å². The maximum atomic E-state index is 4.45. The second kappa shape index (κ2) is 7.25. The fourth-order valence-electron chi connectivity index (χ4n) is 2.78. The summed E-state index contributed by atoms with van der Waals surface area (Å²) in [7, 11) is 0. The van der Waals surface area contributed by atoms with Gasteiger partial charge in [0.15, 0.2) is 5.16 Å². The summed E-state index contributed by atoms with van der Waals surface area (Å²) in [6.07, 6.45) is 5.47. The molecule has 0 spiro atoms. The van der Waals surface area contributed by atoms with Gasteiger partial charge in [-0.3, -0.25) is 0 Å². The van der Waals surface area contributed by atoms with Crippen molar-refractivity contribution in [2.45, 2.75) is 57.7 Å². The molecule has 1 saturated carbocycles. The molecule has 0 radical (unpaired) electrons. The SMILES string of the molecule is Cc1cc(C)nc(SCCNC2CCCC(C)C2)n1. The Hall–Kier alpha value is -0.610. The van der Waals surface area contributed by atoms with Crippen molar-refractivity contribution < 1.29 is 0 Å². The first kappa shape index (κ1) is 14.8. The van der Waals surface area contributed by atoms with Crippen LogP contribution in [0.1, 0.15) is 44.0 Å². The molecule has 0 amide bonds. The molecular weight excluding hydrogens is 254 g/mol. The second-order valence-electron chi connectivity index (χ2n) is 5.70. The van der Waals surface area contributed by atoms with Crippen LogP contribution in [0, 0.1) is 19.8 Å². The first-order valence-electron chi connectivity index (χ1n) is 7.32. The van der Waals surface area contributed by atoms with Crippen molar-refractivity contribution in [1.82, 2.24) is 15.3 Å². The zero-order valence-electron chi connectivity index (χ0n) is 12.3. The summed E-state index contributed by atoms with van der Waals surface area (Å²) in [6, 6.07) is 2.75. The smallest absolute Gasteiger partial charge is 0.188 e. The van der Waals surface area contributed by atoms with Gasteiger partial charge < -0.3 is 5.32 Å². The van der Waals surface area contributed by atoms with Crippen LogP contribution in [0.4, 0.5) is 0 Å². The van der Waals surface area contributed by atoms with Crippen molar-refractivity contribution in [2.75, 3.05) is 12.3 Å². The standard InChI is InChI=1S/C15H25N3S/c1-11-5-4-6-14(9-11)16-7-8-19-15-17-12(2)10-13(3)18-15/h10-11,14,16H,4-9H2,1-3H3. The summed E-state index contributed by atoms with van der Waals surface area (Å²) in [5.74, 6) is 1.94. The average Bonchev–Trinajstić information content (AvgIpc) is 2.34. The van der Waals surface area contributed by atoms with Crippen molar-refractivity contribution in [3.63, 3.8) is 0 Å².